The van der Waals surface area contributed by atoms with Crippen molar-refractivity contribution in [2.75, 3.05) is 7.11 Å². The first kappa shape index (κ1) is 17.5. The molecule has 0 radical (unpaired) electrons. The van der Waals surface area contributed by atoms with Gasteiger partial charge in [0, 0.05) is 18.6 Å². The Labute approximate surface area is 127 Å². The molecule has 22 heavy (non-hydrogen) atoms. The summed E-state index contributed by atoms with van der Waals surface area (Å²) in [5, 5.41) is 20.9. The molecule has 1 aromatic carbocycles. The summed E-state index contributed by atoms with van der Waals surface area (Å²) in [7, 11) is 1.13. The molecule has 118 valence electrons. The van der Waals surface area contributed by atoms with E-state index in [0.717, 1.165) is 13.2 Å². The predicted octanol–water partition coefficient (Wildman–Crippen LogP) is 1.51. The van der Waals surface area contributed by atoms with Gasteiger partial charge in [0.05, 0.1) is 7.11 Å². The maximum atomic E-state index is 12.2. The van der Waals surface area contributed by atoms with E-state index >= 15 is 0 Å². The average Bonchev–Trinajstić information content (AvgIpc) is 2.54. The minimum atomic E-state index is -1.22. The summed E-state index contributed by atoms with van der Waals surface area (Å²) in [5.41, 5.74) is 0.147. The molecule has 1 aromatic rings. The van der Waals surface area contributed by atoms with Crippen molar-refractivity contribution in [1.29, 1.82) is 0 Å². The molecule has 0 aromatic heterocycles. The Morgan fingerprint density at radius 3 is 2.36 bits per heavy atom. The van der Waals surface area contributed by atoms with E-state index in [1.807, 2.05) is 0 Å². The highest BCUT2D eigenvalue weighted by molar-refractivity contribution is 6.22. The molecule has 0 heterocycles. The predicted molar refractivity (Wildman–Crippen MR) is 78.1 cm³/mol. The normalized spacial score (nSPS) is 14.1. The third-order valence-corrected chi connectivity index (χ3v) is 2.86. The number of carbonyl (C=O) groups excluding carboxylic acids is 2. The van der Waals surface area contributed by atoms with Crippen molar-refractivity contribution in [3.05, 3.63) is 52.8 Å². The van der Waals surface area contributed by atoms with Crippen molar-refractivity contribution in [2.45, 2.75) is 20.1 Å². The first-order valence-electron chi connectivity index (χ1n) is 6.42. The number of ether oxygens (including phenoxy) is 1. The fourth-order valence-corrected chi connectivity index (χ4v) is 1.67. The zero-order chi connectivity index (χ0) is 16.7. The Balaban J connectivity index is 3.51. The Bertz CT molecular complexity index is 606. The van der Waals surface area contributed by atoms with Crippen LogP contribution in [-0.4, -0.2) is 40.8 Å². The van der Waals surface area contributed by atoms with Gasteiger partial charge in [0.1, 0.15) is 5.57 Å². The minimum Gasteiger partial charge on any atom is -0.621 e. The molecule has 0 fully saturated rings. The van der Waals surface area contributed by atoms with Crippen molar-refractivity contribution in [1.82, 2.24) is 0 Å². The van der Waals surface area contributed by atoms with Crippen LogP contribution in [0, 0.1) is 5.21 Å². The summed E-state index contributed by atoms with van der Waals surface area (Å²) in [6.07, 6.45) is -0.108. The smallest absolute Gasteiger partial charge is 0.341 e. The monoisotopic (exact) mass is 307 g/mol. The molecule has 0 saturated heterocycles. The summed E-state index contributed by atoms with van der Waals surface area (Å²) in [6.45, 7) is 2.50. The highest BCUT2D eigenvalue weighted by Crippen LogP contribution is 2.09. The van der Waals surface area contributed by atoms with E-state index in [-0.39, 0.29) is 11.3 Å². The van der Waals surface area contributed by atoms with Gasteiger partial charge in [-0.1, -0.05) is 18.2 Å². The van der Waals surface area contributed by atoms with Gasteiger partial charge in [-0.25, -0.2) is 10.1 Å². The van der Waals surface area contributed by atoms with E-state index in [1.54, 1.807) is 30.3 Å². The maximum absolute atomic E-state index is 12.2. The van der Waals surface area contributed by atoms with Crippen molar-refractivity contribution in [3.8, 4) is 0 Å². The number of hydrogen-bond donors (Lipinski definition) is 1. The van der Waals surface area contributed by atoms with Gasteiger partial charge in [-0.2, -0.15) is 9.63 Å². The fraction of sp³-hybridized carbons (Fsp3) is 0.267. The zero-order valence-corrected chi connectivity index (χ0v) is 12.5. The molecule has 1 unspecified atom stereocenters. The minimum absolute atomic E-state index is 0.0160. The molecule has 1 N–H and O–H groups in total. The van der Waals surface area contributed by atoms with Gasteiger partial charge in [0.25, 0.3) is 6.23 Å². The van der Waals surface area contributed by atoms with E-state index < -0.39 is 18.0 Å². The number of Topliss-reactive ketones (excluding diaryl/α,β-unsaturated/α-hetero) is 1. The third kappa shape index (κ3) is 4.24. The largest absolute Gasteiger partial charge is 0.621 e. The molecule has 7 nitrogen and oxygen atoms in total. The van der Waals surface area contributed by atoms with Gasteiger partial charge in [0.15, 0.2) is 5.78 Å². The lowest BCUT2D eigenvalue weighted by Crippen LogP contribution is -2.27. The SMILES string of the molecule is COC(=O)/C(=C\C(c1ccccc1)=[N+](\[O-])C(C)OO)C(C)=O. The van der Waals surface area contributed by atoms with Crippen LogP contribution < -0.4 is 0 Å². The van der Waals surface area contributed by atoms with Crippen LogP contribution in [-0.2, 0) is 19.2 Å². The fourth-order valence-electron chi connectivity index (χ4n) is 1.67. The lowest BCUT2D eigenvalue weighted by atomic mass is 10.0. The number of hydroxylamine groups is 1. The quantitative estimate of drug-likeness (QED) is 0.0817. The second-order valence-corrected chi connectivity index (χ2v) is 4.39. The van der Waals surface area contributed by atoms with Gasteiger partial charge in [-0.05, 0) is 19.1 Å². The second kappa shape index (κ2) is 8.06. The van der Waals surface area contributed by atoms with E-state index in [0.29, 0.717) is 10.3 Å². The van der Waals surface area contributed by atoms with Crippen molar-refractivity contribution in [2.24, 2.45) is 0 Å². The van der Waals surface area contributed by atoms with Crippen molar-refractivity contribution in [3.63, 3.8) is 0 Å². The standard InChI is InChI=1S/C15H17NO6/c1-10(17)13(15(18)21-3)9-14(16(19)11(2)22-20)12-7-5-4-6-8-12/h4-9,11,20H,1-3H3/b13-9-,16-14-. The molecule has 0 aliphatic carbocycles. The second-order valence-electron chi connectivity index (χ2n) is 4.39. The van der Waals surface area contributed by atoms with Crippen LogP contribution in [0.25, 0.3) is 0 Å². The van der Waals surface area contributed by atoms with Crippen LogP contribution in [0.1, 0.15) is 19.4 Å². The van der Waals surface area contributed by atoms with Crippen LogP contribution in [0.5, 0.6) is 0 Å². The van der Waals surface area contributed by atoms with Crippen LogP contribution in [0.2, 0.25) is 0 Å². The van der Waals surface area contributed by atoms with Gasteiger partial charge >= 0.3 is 5.97 Å². The van der Waals surface area contributed by atoms with E-state index in [4.69, 9.17) is 5.26 Å². The van der Waals surface area contributed by atoms with E-state index in [9.17, 15) is 14.8 Å². The molecule has 0 amide bonds. The van der Waals surface area contributed by atoms with Crippen LogP contribution in [0.4, 0.5) is 0 Å². The van der Waals surface area contributed by atoms with Crippen molar-refractivity contribution >= 4 is 17.5 Å². The zero-order valence-electron chi connectivity index (χ0n) is 12.5. The maximum Gasteiger partial charge on any atom is 0.341 e. The van der Waals surface area contributed by atoms with Crippen molar-refractivity contribution < 1.29 is 29.2 Å². The van der Waals surface area contributed by atoms with E-state index in [1.165, 1.54) is 13.8 Å². The Morgan fingerprint density at radius 2 is 1.91 bits per heavy atom. The number of hydrogen-bond acceptors (Lipinski definition) is 6. The molecule has 0 saturated carbocycles. The molecule has 0 spiro atoms. The summed E-state index contributed by atoms with van der Waals surface area (Å²) in [5.74, 6) is -1.40. The van der Waals surface area contributed by atoms with Gasteiger partial charge in [-0.15, -0.1) is 0 Å². The van der Waals surface area contributed by atoms with Crippen LogP contribution >= 0.6 is 0 Å². The molecule has 7 heteroatoms. The van der Waals surface area contributed by atoms with Crippen LogP contribution in [0.15, 0.2) is 42.0 Å². The summed E-state index contributed by atoms with van der Waals surface area (Å²) in [6, 6.07) is 8.37. The molecule has 0 aliphatic heterocycles. The average molecular weight is 307 g/mol. The molecule has 0 aliphatic rings. The number of ketones is 1. The molecule has 1 atom stereocenters. The summed E-state index contributed by atoms with van der Waals surface area (Å²) < 4.78 is 4.88. The van der Waals surface area contributed by atoms with Crippen LogP contribution in [0.3, 0.4) is 0 Å². The first-order chi connectivity index (χ1) is 10.4. The Kier molecular flexibility index (Phi) is 6.43. The Hall–Kier alpha value is -2.51. The lowest BCUT2D eigenvalue weighted by Gasteiger charge is -2.13. The molecular weight excluding hydrogens is 290 g/mol. The van der Waals surface area contributed by atoms with Gasteiger partial charge in [-0.3, -0.25) is 4.79 Å². The Morgan fingerprint density at radius 1 is 1.32 bits per heavy atom. The van der Waals surface area contributed by atoms with Gasteiger partial charge in [0.2, 0.25) is 5.71 Å². The third-order valence-electron chi connectivity index (χ3n) is 2.86. The number of carbonyl (C=O) groups is 2. The number of methoxy groups -OCH3 is 1. The molecular formula is C15H17NO6. The summed E-state index contributed by atoms with van der Waals surface area (Å²) >= 11 is 0. The van der Waals surface area contributed by atoms with E-state index in [2.05, 4.69) is 9.62 Å². The molecule has 1 rings (SSSR count). The topological polar surface area (TPSA) is 98.9 Å². The highest BCUT2D eigenvalue weighted by atomic mass is 17.1. The number of rotatable bonds is 6. The highest BCUT2D eigenvalue weighted by Gasteiger charge is 2.22. The number of allylic oxidation sites excluding steroid dienone is 1. The van der Waals surface area contributed by atoms with Gasteiger partial charge < -0.3 is 9.94 Å². The number of nitrogens with zero attached hydrogens (tertiary/aromatic N) is 1. The lowest BCUT2D eigenvalue weighted by molar-refractivity contribution is -0.595. The number of esters is 1. The number of benzene rings is 1. The summed E-state index contributed by atoms with van der Waals surface area (Å²) in [4.78, 5) is 27.3. The first-order valence-corrected chi connectivity index (χ1v) is 6.42. The molecule has 0 bridgehead atoms.